The van der Waals surface area contributed by atoms with E-state index in [0.29, 0.717) is 11.7 Å². The average Bonchev–Trinajstić information content (AvgIpc) is 3.00. The summed E-state index contributed by atoms with van der Waals surface area (Å²) in [7, 11) is 0. The van der Waals surface area contributed by atoms with E-state index >= 15 is 0 Å². The highest BCUT2D eigenvalue weighted by molar-refractivity contribution is 7.09. The van der Waals surface area contributed by atoms with E-state index in [1.165, 1.54) is 23.5 Å². The molecule has 0 aliphatic heterocycles. The molecule has 0 fully saturated rings. The molecule has 0 aliphatic carbocycles. The van der Waals surface area contributed by atoms with Gasteiger partial charge in [0.15, 0.2) is 0 Å². The van der Waals surface area contributed by atoms with Gasteiger partial charge in [0, 0.05) is 17.1 Å². The maximum Gasteiger partial charge on any atom is 0.412 e. The molecule has 1 aromatic carbocycles. The zero-order valence-electron chi connectivity index (χ0n) is 16.0. The van der Waals surface area contributed by atoms with Crippen molar-refractivity contribution >= 4 is 29.1 Å². The van der Waals surface area contributed by atoms with Crippen molar-refractivity contribution in [1.82, 2.24) is 4.98 Å². The number of carbonyl (C=O) groups excluding carboxylic acids is 1. The molecule has 0 saturated heterocycles. The van der Waals surface area contributed by atoms with Gasteiger partial charge in [-0.2, -0.15) is 0 Å². The summed E-state index contributed by atoms with van der Waals surface area (Å²) in [6, 6.07) is 4.30. The third kappa shape index (κ3) is 6.56. The minimum absolute atomic E-state index is 0.000525. The Morgan fingerprint density at radius 1 is 1.26 bits per heavy atom. The van der Waals surface area contributed by atoms with Crippen LogP contribution in [0, 0.1) is 0 Å². The van der Waals surface area contributed by atoms with E-state index in [1.807, 2.05) is 5.38 Å². The lowest BCUT2D eigenvalue weighted by Gasteiger charge is -2.20. The number of hydrogen-bond donors (Lipinski definition) is 2. The first-order valence-electron chi connectivity index (χ1n) is 8.49. The van der Waals surface area contributed by atoms with Crippen LogP contribution in [-0.4, -0.2) is 27.8 Å². The van der Waals surface area contributed by atoms with Gasteiger partial charge in [-0.05, 0) is 38.8 Å². The summed E-state index contributed by atoms with van der Waals surface area (Å²) in [6.45, 7) is 9.57. The number of hydrogen-bond acceptors (Lipinski definition) is 6. The van der Waals surface area contributed by atoms with Crippen LogP contribution >= 0.6 is 11.3 Å². The molecule has 27 heavy (non-hydrogen) atoms. The minimum atomic E-state index is -1.12. The van der Waals surface area contributed by atoms with Gasteiger partial charge < -0.3 is 14.6 Å². The van der Waals surface area contributed by atoms with Gasteiger partial charge in [-0.25, -0.2) is 14.6 Å². The van der Waals surface area contributed by atoms with Crippen LogP contribution in [0.1, 0.15) is 61.6 Å². The summed E-state index contributed by atoms with van der Waals surface area (Å²) in [5, 5.41) is 14.6. The lowest BCUT2D eigenvalue weighted by atomic mass is 10.2. The summed E-state index contributed by atoms with van der Waals surface area (Å²) in [4.78, 5) is 27.8. The second-order valence-electron chi connectivity index (χ2n) is 7.29. The molecule has 1 heterocycles. The van der Waals surface area contributed by atoms with Crippen molar-refractivity contribution in [3.8, 4) is 5.75 Å². The molecule has 1 amide bonds. The molecular weight excluding hydrogens is 368 g/mol. The van der Waals surface area contributed by atoms with Crippen LogP contribution in [-0.2, 0) is 11.3 Å². The van der Waals surface area contributed by atoms with E-state index in [-0.39, 0.29) is 17.9 Å². The summed E-state index contributed by atoms with van der Waals surface area (Å²) >= 11 is 1.49. The van der Waals surface area contributed by atoms with Crippen LogP contribution in [0.5, 0.6) is 5.75 Å². The van der Waals surface area contributed by atoms with E-state index in [2.05, 4.69) is 24.1 Å². The number of carbonyl (C=O) groups is 2. The molecule has 8 heteroatoms. The van der Waals surface area contributed by atoms with E-state index in [9.17, 15) is 14.7 Å². The molecule has 2 aromatic rings. The van der Waals surface area contributed by atoms with Crippen molar-refractivity contribution in [3.63, 3.8) is 0 Å². The predicted molar refractivity (Wildman–Crippen MR) is 104 cm³/mol. The van der Waals surface area contributed by atoms with Crippen LogP contribution in [0.25, 0.3) is 0 Å². The Bertz CT molecular complexity index is 824. The number of carboxylic acid groups (broad SMARTS) is 1. The van der Waals surface area contributed by atoms with Gasteiger partial charge in [-0.3, -0.25) is 5.32 Å². The fraction of sp³-hybridized carbons (Fsp3) is 0.421. The summed E-state index contributed by atoms with van der Waals surface area (Å²) in [6.07, 6.45) is -0.669. The summed E-state index contributed by atoms with van der Waals surface area (Å²) in [5.41, 5.74) is 0.610. The maximum absolute atomic E-state index is 11.9. The number of nitrogens with one attached hydrogen (secondary N) is 1. The standard InChI is InChI=1S/C19H24N2O5S/c1-11(2)15-10-27-16(21-15)9-25-14-7-12(17(22)23)6-13(8-14)20-18(24)26-19(3,4)5/h6-8,10-11H,9H2,1-5H3,(H,20,24)(H,22,23). The highest BCUT2D eigenvalue weighted by Crippen LogP contribution is 2.24. The smallest absolute Gasteiger partial charge is 0.412 e. The van der Waals surface area contributed by atoms with Crippen LogP contribution in [0.2, 0.25) is 0 Å². The molecule has 0 bridgehead atoms. The van der Waals surface area contributed by atoms with Crippen molar-refractivity contribution in [3.05, 3.63) is 39.8 Å². The second kappa shape index (κ2) is 8.39. The average molecular weight is 392 g/mol. The number of ether oxygens (including phenoxy) is 2. The number of rotatable bonds is 6. The molecule has 1 aromatic heterocycles. The fourth-order valence-corrected chi connectivity index (χ4v) is 2.97. The highest BCUT2D eigenvalue weighted by Gasteiger charge is 2.17. The maximum atomic E-state index is 11.9. The minimum Gasteiger partial charge on any atom is -0.486 e. The molecule has 2 rings (SSSR count). The number of aromatic nitrogens is 1. The van der Waals surface area contributed by atoms with E-state index in [1.54, 1.807) is 26.8 Å². The van der Waals surface area contributed by atoms with Gasteiger partial charge in [-0.15, -0.1) is 11.3 Å². The molecule has 0 saturated carbocycles. The SMILES string of the molecule is CC(C)c1csc(COc2cc(NC(=O)OC(C)(C)C)cc(C(=O)O)c2)n1. The zero-order valence-corrected chi connectivity index (χ0v) is 16.8. The lowest BCUT2D eigenvalue weighted by Crippen LogP contribution is -2.27. The van der Waals surface area contributed by atoms with Gasteiger partial charge in [0.25, 0.3) is 0 Å². The molecule has 0 spiro atoms. The molecule has 2 N–H and O–H groups in total. The molecular formula is C19H24N2O5S. The topological polar surface area (TPSA) is 97.8 Å². The van der Waals surface area contributed by atoms with Crippen molar-refractivity contribution in [1.29, 1.82) is 0 Å². The third-order valence-corrected chi connectivity index (χ3v) is 4.16. The number of nitrogens with zero attached hydrogens (tertiary/aromatic N) is 1. The highest BCUT2D eigenvalue weighted by atomic mass is 32.1. The first-order valence-corrected chi connectivity index (χ1v) is 9.37. The van der Waals surface area contributed by atoms with Crippen molar-refractivity contribution in [2.24, 2.45) is 0 Å². The van der Waals surface area contributed by atoms with Gasteiger partial charge in [0.05, 0.1) is 11.3 Å². The molecule has 0 aliphatic rings. The Labute approximate surface area is 162 Å². The summed E-state index contributed by atoms with van der Waals surface area (Å²) < 4.78 is 10.9. The molecule has 146 valence electrons. The molecule has 0 atom stereocenters. The third-order valence-electron chi connectivity index (χ3n) is 3.32. The Kier molecular flexibility index (Phi) is 6.43. The Hall–Kier alpha value is -2.61. The monoisotopic (exact) mass is 392 g/mol. The van der Waals surface area contributed by atoms with E-state index in [0.717, 1.165) is 10.7 Å². The molecule has 0 unspecified atom stereocenters. The predicted octanol–water partition coefficient (Wildman–Crippen LogP) is 4.89. The van der Waals surface area contributed by atoms with Crippen molar-refractivity contribution in [2.45, 2.75) is 52.7 Å². The van der Waals surface area contributed by atoms with E-state index in [4.69, 9.17) is 9.47 Å². The fourth-order valence-electron chi connectivity index (χ4n) is 2.10. The first kappa shape index (κ1) is 20.7. The van der Waals surface area contributed by atoms with Crippen molar-refractivity contribution < 1.29 is 24.2 Å². The Morgan fingerprint density at radius 2 is 1.96 bits per heavy atom. The molecule has 0 radical (unpaired) electrons. The van der Waals surface area contributed by atoms with E-state index < -0.39 is 17.7 Å². The van der Waals surface area contributed by atoms with Crippen LogP contribution < -0.4 is 10.1 Å². The number of thiazole rings is 1. The van der Waals surface area contributed by atoms with Gasteiger partial charge in [0.2, 0.25) is 0 Å². The number of aromatic carboxylic acids is 1. The Balaban J connectivity index is 2.13. The van der Waals surface area contributed by atoms with Crippen LogP contribution in [0.4, 0.5) is 10.5 Å². The largest absolute Gasteiger partial charge is 0.486 e. The number of amides is 1. The number of carboxylic acids is 1. The van der Waals surface area contributed by atoms with Gasteiger partial charge in [0.1, 0.15) is 23.0 Å². The molecule has 7 nitrogen and oxygen atoms in total. The van der Waals surface area contributed by atoms with Crippen molar-refractivity contribution in [2.75, 3.05) is 5.32 Å². The first-order chi connectivity index (χ1) is 12.5. The number of anilines is 1. The summed E-state index contributed by atoms with van der Waals surface area (Å²) in [5.74, 6) is -0.471. The lowest BCUT2D eigenvalue weighted by molar-refractivity contribution is 0.0632. The normalized spacial score (nSPS) is 11.3. The van der Waals surface area contributed by atoms with Crippen LogP contribution in [0.15, 0.2) is 23.6 Å². The number of benzene rings is 1. The zero-order chi connectivity index (χ0) is 20.2. The second-order valence-corrected chi connectivity index (χ2v) is 8.23. The van der Waals surface area contributed by atoms with Gasteiger partial charge >= 0.3 is 12.1 Å². The van der Waals surface area contributed by atoms with Gasteiger partial charge in [-0.1, -0.05) is 13.8 Å². The quantitative estimate of drug-likeness (QED) is 0.726. The Morgan fingerprint density at radius 3 is 2.52 bits per heavy atom. The van der Waals surface area contributed by atoms with Crippen LogP contribution in [0.3, 0.4) is 0 Å².